The van der Waals surface area contributed by atoms with Gasteiger partial charge in [-0.3, -0.25) is 4.79 Å². The van der Waals surface area contributed by atoms with Crippen LogP contribution in [0.4, 0.5) is 4.79 Å². The van der Waals surface area contributed by atoms with E-state index in [2.05, 4.69) is 5.10 Å². The van der Waals surface area contributed by atoms with E-state index in [1.54, 1.807) is 14.0 Å². The zero-order valence-corrected chi connectivity index (χ0v) is 8.73. The minimum atomic E-state index is -0.974. The molecule has 0 aromatic heterocycles. The molecule has 0 aromatic carbocycles. The summed E-state index contributed by atoms with van der Waals surface area (Å²) in [6.45, 7) is 2.39. The van der Waals surface area contributed by atoms with Gasteiger partial charge >= 0.3 is 6.09 Å². The molecule has 2 heterocycles. The average Bonchev–Trinajstić information content (AvgIpc) is 2.40. The molecule has 0 spiro atoms. The zero-order valence-electron chi connectivity index (χ0n) is 8.73. The zero-order chi connectivity index (χ0) is 11.2. The first kappa shape index (κ1) is 9.95. The molecule has 0 bridgehead atoms. The van der Waals surface area contributed by atoms with Crippen LogP contribution in [0.2, 0.25) is 0 Å². The van der Waals surface area contributed by atoms with Gasteiger partial charge in [0.05, 0.1) is 5.71 Å². The molecule has 82 valence electrons. The van der Waals surface area contributed by atoms with Gasteiger partial charge in [0.25, 0.3) is 5.91 Å². The molecule has 6 nitrogen and oxygen atoms in total. The van der Waals surface area contributed by atoms with Gasteiger partial charge in [-0.1, -0.05) is 0 Å². The molecule has 0 saturated carbocycles. The number of rotatable bonds is 0. The normalized spacial score (nSPS) is 30.3. The lowest BCUT2D eigenvalue weighted by atomic mass is 9.80. The first-order valence-electron chi connectivity index (χ1n) is 4.79. The predicted octanol–water partition coefficient (Wildman–Crippen LogP) is 0.204. The van der Waals surface area contributed by atoms with Crippen molar-refractivity contribution in [2.75, 3.05) is 20.1 Å². The largest absolute Gasteiger partial charge is 0.465 e. The Morgan fingerprint density at radius 1 is 1.60 bits per heavy atom. The Labute approximate surface area is 87.1 Å². The van der Waals surface area contributed by atoms with Gasteiger partial charge < -0.3 is 10.0 Å². The molecule has 0 radical (unpaired) electrons. The maximum Gasteiger partial charge on any atom is 0.407 e. The lowest BCUT2D eigenvalue weighted by molar-refractivity contribution is -0.135. The van der Waals surface area contributed by atoms with Crippen LogP contribution in [0.3, 0.4) is 0 Å². The van der Waals surface area contributed by atoms with Crippen molar-refractivity contribution < 1.29 is 14.7 Å². The fourth-order valence-electron chi connectivity index (χ4n) is 2.17. The molecule has 6 heteroatoms. The number of carbonyl (C=O) groups excluding carboxylic acids is 1. The number of piperidine rings is 1. The summed E-state index contributed by atoms with van der Waals surface area (Å²) in [7, 11) is 1.60. The summed E-state index contributed by atoms with van der Waals surface area (Å²) in [5.41, 5.74) is 0.0540. The van der Waals surface area contributed by atoms with Crippen LogP contribution in [-0.2, 0) is 4.79 Å². The number of carbonyl (C=O) groups is 2. The van der Waals surface area contributed by atoms with Crippen molar-refractivity contribution in [3.05, 3.63) is 0 Å². The molecular weight excluding hydrogens is 198 g/mol. The smallest absolute Gasteiger partial charge is 0.407 e. The lowest BCUT2D eigenvalue weighted by Gasteiger charge is -2.34. The van der Waals surface area contributed by atoms with Gasteiger partial charge in [-0.05, 0) is 6.92 Å². The summed E-state index contributed by atoms with van der Waals surface area (Å²) in [5, 5.41) is 14.3. The minimum absolute atomic E-state index is 0.122. The summed E-state index contributed by atoms with van der Waals surface area (Å²) >= 11 is 0. The van der Waals surface area contributed by atoms with Crippen LogP contribution in [0.1, 0.15) is 13.3 Å². The maximum atomic E-state index is 11.8. The molecule has 1 saturated heterocycles. The van der Waals surface area contributed by atoms with Gasteiger partial charge in [-0.2, -0.15) is 5.10 Å². The first-order chi connectivity index (χ1) is 6.95. The third-order valence-corrected chi connectivity index (χ3v) is 3.07. The Bertz CT molecular complexity index is 366. The molecule has 1 N–H and O–H groups in total. The van der Waals surface area contributed by atoms with Crippen LogP contribution in [0.15, 0.2) is 5.10 Å². The monoisotopic (exact) mass is 211 g/mol. The Morgan fingerprint density at radius 2 is 2.27 bits per heavy atom. The predicted molar refractivity (Wildman–Crippen MR) is 52.5 cm³/mol. The summed E-state index contributed by atoms with van der Waals surface area (Å²) in [5.74, 6) is -0.122. The number of likely N-dealkylation sites (tertiary alicyclic amines) is 1. The van der Waals surface area contributed by atoms with Gasteiger partial charge in [0.2, 0.25) is 0 Å². The van der Waals surface area contributed by atoms with E-state index in [1.165, 1.54) is 9.91 Å². The van der Waals surface area contributed by atoms with E-state index in [0.717, 1.165) is 5.71 Å². The van der Waals surface area contributed by atoms with Gasteiger partial charge in [0.15, 0.2) is 0 Å². The minimum Gasteiger partial charge on any atom is -0.465 e. The highest BCUT2D eigenvalue weighted by atomic mass is 16.4. The summed E-state index contributed by atoms with van der Waals surface area (Å²) in [4.78, 5) is 23.9. The molecule has 15 heavy (non-hydrogen) atoms. The van der Waals surface area contributed by atoms with E-state index in [0.29, 0.717) is 13.0 Å². The Morgan fingerprint density at radius 3 is 2.87 bits per heavy atom. The number of hydrazone groups is 1. The van der Waals surface area contributed by atoms with Crippen molar-refractivity contribution in [1.29, 1.82) is 0 Å². The van der Waals surface area contributed by atoms with Gasteiger partial charge in [-0.25, -0.2) is 9.80 Å². The molecule has 0 aliphatic carbocycles. The van der Waals surface area contributed by atoms with Crippen molar-refractivity contribution in [1.82, 2.24) is 9.91 Å². The van der Waals surface area contributed by atoms with Crippen molar-refractivity contribution >= 4 is 17.7 Å². The summed E-state index contributed by atoms with van der Waals surface area (Å²) < 4.78 is 0. The first-order valence-corrected chi connectivity index (χ1v) is 4.79. The van der Waals surface area contributed by atoms with E-state index in [9.17, 15) is 9.59 Å². The maximum absolute atomic E-state index is 11.8. The number of fused-ring (bicyclic) bond motifs is 1. The Balaban J connectivity index is 2.28. The molecule has 1 unspecified atom stereocenters. The third-order valence-electron chi connectivity index (χ3n) is 3.07. The van der Waals surface area contributed by atoms with E-state index >= 15 is 0 Å². The number of hydrogen-bond donors (Lipinski definition) is 1. The number of amides is 2. The van der Waals surface area contributed by atoms with Crippen LogP contribution in [0.5, 0.6) is 0 Å². The molecule has 1 atom stereocenters. The van der Waals surface area contributed by atoms with Crippen LogP contribution in [0, 0.1) is 5.41 Å². The number of nitrogens with zero attached hydrogens (tertiary/aromatic N) is 3. The molecule has 2 aliphatic rings. The van der Waals surface area contributed by atoms with E-state index in [-0.39, 0.29) is 12.5 Å². The second-order valence-corrected chi connectivity index (χ2v) is 4.16. The van der Waals surface area contributed by atoms with Crippen molar-refractivity contribution in [2.24, 2.45) is 10.5 Å². The van der Waals surface area contributed by atoms with Gasteiger partial charge in [0, 0.05) is 26.6 Å². The van der Waals surface area contributed by atoms with Crippen molar-refractivity contribution in [2.45, 2.75) is 13.3 Å². The lowest BCUT2D eigenvalue weighted by Crippen LogP contribution is -2.52. The summed E-state index contributed by atoms with van der Waals surface area (Å²) in [6, 6.07) is 0. The van der Waals surface area contributed by atoms with Crippen molar-refractivity contribution in [3.8, 4) is 0 Å². The Hall–Kier alpha value is -1.59. The fraction of sp³-hybridized carbons (Fsp3) is 0.667. The van der Waals surface area contributed by atoms with Gasteiger partial charge in [0.1, 0.15) is 5.41 Å². The van der Waals surface area contributed by atoms with Crippen LogP contribution in [-0.4, -0.2) is 52.9 Å². The summed E-state index contributed by atoms with van der Waals surface area (Å²) in [6.07, 6.45) is -0.434. The topological polar surface area (TPSA) is 73.2 Å². The second-order valence-electron chi connectivity index (χ2n) is 4.16. The highest BCUT2D eigenvalue weighted by Crippen LogP contribution is 2.34. The molecule has 2 rings (SSSR count). The van der Waals surface area contributed by atoms with E-state index in [4.69, 9.17) is 5.11 Å². The number of carboxylic acid groups (broad SMARTS) is 1. The molecule has 2 aliphatic heterocycles. The fourth-order valence-corrected chi connectivity index (χ4v) is 2.17. The highest BCUT2D eigenvalue weighted by Gasteiger charge is 2.49. The molecular formula is C9H13N3O3. The second kappa shape index (κ2) is 2.95. The van der Waals surface area contributed by atoms with E-state index in [1.807, 2.05) is 0 Å². The van der Waals surface area contributed by atoms with Gasteiger partial charge in [-0.15, -0.1) is 0 Å². The standard InChI is InChI=1S/C9H13N3O3/c1-9-5-12(8(14)15)4-3-6(9)10-11(2)7(9)13/h3-5H2,1-2H3,(H,14,15). The Kier molecular flexibility index (Phi) is 1.95. The third kappa shape index (κ3) is 1.28. The van der Waals surface area contributed by atoms with Crippen molar-refractivity contribution in [3.63, 3.8) is 0 Å². The highest BCUT2D eigenvalue weighted by molar-refractivity contribution is 6.12. The van der Waals surface area contributed by atoms with Crippen LogP contribution >= 0.6 is 0 Å². The SMILES string of the molecule is CN1N=C2CCN(C(=O)O)CC2(C)C1=O. The molecule has 2 amide bonds. The average molecular weight is 211 g/mol. The molecule has 1 fully saturated rings. The van der Waals surface area contributed by atoms with Crippen LogP contribution < -0.4 is 0 Å². The van der Waals surface area contributed by atoms with Crippen LogP contribution in [0.25, 0.3) is 0 Å². The number of hydrogen-bond acceptors (Lipinski definition) is 3. The van der Waals surface area contributed by atoms with E-state index < -0.39 is 11.5 Å². The molecule has 0 aromatic rings. The quantitative estimate of drug-likeness (QED) is 0.622.